The van der Waals surface area contributed by atoms with E-state index in [2.05, 4.69) is 5.32 Å². The molecule has 2 unspecified atom stereocenters. The van der Waals surface area contributed by atoms with Gasteiger partial charge in [-0.2, -0.15) is 0 Å². The van der Waals surface area contributed by atoms with Gasteiger partial charge >= 0.3 is 5.97 Å². The van der Waals surface area contributed by atoms with Crippen LogP contribution in [0.4, 0.5) is 0 Å². The lowest BCUT2D eigenvalue weighted by Crippen LogP contribution is -2.56. The van der Waals surface area contributed by atoms with Gasteiger partial charge in [-0.25, -0.2) is 0 Å². The molecular formula is C11H21NO3. The fourth-order valence-corrected chi connectivity index (χ4v) is 2.37. The van der Waals surface area contributed by atoms with E-state index in [1.807, 2.05) is 13.8 Å². The molecule has 4 heteroatoms. The predicted molar refractivity (Wildman–Crippen MR) is 57.9 cm³/mol. The van der Waals surface area contributed by atoms with Crippen LogP contribution >= 0.6 is 0 Å². The van der Waals surface area contributed by atoms with Crippen molar-refractivity contribution >= 4 is 5.97 Å². The molecule has 1 fully saturated rings. The molecule has 0 aromatic heterocycles. The molecule has 0 aromatic rings. The van der Waals surface area contributed by atoms with Crippen LogP contribution in [-0.4, -0.2) is 35.9 Å². The van der Waals surface area contributed by atoms with Gasteiger partial charge in [0.2, 0.25) is 0 Å². The molecule has 1 rings (SSSR count). The second-order valence-corrected chi connectivity index (χ2v) is 4.09. The number of aliphatic carboxylic acids is 1. The Morgan fingerprint density at radius 2 is 2.33 bits per heavy atom. The summed E-state index contributed by atoms with van der Waals surface area (Å²) in [6.45, 7) is 5.23. The SMILES string of the molecule is CCNC1(C(=O)O)CCCC(OCC)C1. The van der Waals surface area contributed by atoms with Crippen LogP contribution in [0.15, 0.2) is 0 Å². The molecule has 0 spiro atoms. The average Bonchev–Trinajstić information content (AvgIpc) is 2.19. The third kappa shape index (κ3) is 2.92. The molecule has 0 radical (unpaired) electrons. The van der Waals surface area contributed by atoms with Gasteiger partial charge in [0, 0.05) is 13.0 Å². The van der Waals surface area contributed by atoms with Gasteiger partial charge in [0.15, 0.2) is 0 Å². The van der Waals surface area contributed by atoms with Crippen LogP contribution in [0, 0.1) is 0 Å². The highest BCUT2D eigenvalue weighted by Gasteiger charge is 2.42. The Hall–Kier alpha value is -0.610. The molecule has 0 amide bonds. The Kier molecular flexibility index (Phi) is 4.54. The Labute approximate surface area is 91.0 Å². The summed E-state index contributed by atoms with van der Waals surface area (Å²) in [5, 5.41) is 12.4. The fraction of sp³-hybridized carbons (Fsp3) is 0.909. The van der Waals surface area contributed by atoms with Gasteiger partial charge in [-0.1, -0.05) is 6.92 Å². The largest absolute Gasteiger partial charge is 0.480 e. The van der Waals surface area contributed by atoms with Crippen molar-refractivity contribution in [2.45, 2.75) is 51.2 Å². The van der Waals surface area contributed by atoms with Gasteiger partial charge < -0.3 is 15.2 Å². The quantitative estimate of drug-likeness (QED) is 0.727. The van der Waals surface area contributed by atoms with E-state index in [0.717, 1.165) is 12.8 Å². The zero-order chi connectivity index (χ0) is 11.3. The first-order chi connectivity index (χ1) is 7.14. The number of hydrogen-bond donors (Lipinski definition) is 2. The molecule has 1 aliphatic carbocycles. The lowest BCUT2D eigenvalue weighted by molar-refractivity contribution is -0.149. The smallest absolute Gasteiger partial charge is 0.323 e. The van der Waals surface area contributed by atoms with Gasteiger partial charge in [0.25, 0.3) is 0 Å². The van der Waals surface area contributed by atoms with Crippen LogP contribution in [0.2, 0.25) is 0 Å². The molecular weight excluding hydrogens is 194 g/mol. The number of hydrogen-bond acceptors (Lipinski definition) is 3. The number of rotatable bonds is 5. The molecule has 0 bridgehead atoms. The van der Waals surface area contributed by atoms with Gasteiger partial charge in [0.05, 0.1) is 6.10 Å². The molecule has 2 atom stereocenters. The number of carboxylic acids is 1. The summed E-state index contributed by atoms with van der Waals surface area (Å²) in [6, 6.07) is 0. The van der Waals surface area contributed by atoms with E-state index in [4.69, 9.17) is 4.74 Å². The van der Waals surface area contributed by atoms with E-state index in [0.29, 0.717) is 26.0 Å². The molecule has 1 aliphatic rings. The first-order valence-electron chi connectivity index (χ1n) is 5.74. The zero-order valence-electron chi connectivity index (χ0n) is 9.58. The van der Waals surface area contributed by atoms with Crippen molar-refractivity contribution in [3.05, 3.63) is 0 Å². The Balaban J connectivity index is 2.66. The van der Waals surface area contributed by atoms with E-state index < -0.39 is 11.5 Å². The van der Waals surface area contributed by atoms with Crippen molar-refractivity contribution in [1.29, 1.82) is 0 Å². The van der Waals surface area contributed by atoms with Crippen molar-refractivity contribution < 1.29 is 14.6 Å². The summed E-state index contributed by atoms with van der Waals surface area (Å²) in [5.74, 6) is -0.742. The third-order valence-electron chi connectivity index (χ3n) is 3.03. The van der Waals surface area contributed by atoms with Gasteiger partial charge in [-0.15, -0.1) is 0 Å². The Morgan fingerprint density at radius 1 is 1.60 bits per heavy atom. The molecule has 1 saturated carbocycles. The van der Waals surface area contributed by atoms with Crippen LogP contribution in [0.3, 0.4) is 0 Å². The normalized spacial score (nSPS) is 31.5. The second-order valence-electron chi connectivity index (χ2n) is 4.09. The van der Waals surface area contributed by atoms with Crippen molar-refractivity contribution in [2.24, 2.45) is 0 Å². The second kappa shape index (κ2) is 5.47. The van der Waals surface area contributed by atoms with Crippen molar-refractivity contribution in [1.82, 2.24) is 5.32 Å². The molecule has 4 nitrogen and oxygen atoms in total. The molecule has 0 heterocycles. The first-order valence-corrected chi connectivity index (χ1v) is 5.74. The van der Waals surface area contributed by atoms with Gasteiger partial charge in [-0.05, 0) is 32.7 Å². The standard InChI is InChI=1S/C11H21NO3/c1-3-12-11(10(13)14)7-5-6-9(8-11)15-4-2/h9,12H,3-8H2,1-2H3,(H,13,14). The first kappa shape index (κ1) is 12.5. The number of carboxylic acid groups (broad SMARTS) is 1. The lowest BCUT2D eigenvalue weighted by atomic mass is 9.80. The molecule has 0 aliphatic heterocycles. The summed E-state index contributed by atoms with van der Waals surface area (Å²) in [5.41, 5.74) is -0.757. The molecule has 88 valence electrons. The number of likely N-dealkylation sites (N-methyl/N-ethyl adjacent to an activating group) is 1. The summed E-state index contributed by atoms with van der Waals surface area (Å²) in [6.07, 6.45) is 3.29. The van der Waals surface area contributed by atoms with Crippen molar-refractivity contribution in [2.75, 3.05) is 13.2 Å². The minimum atomic E-state index is -0.757. The number of carbonyl (C=O) groups is 1. The van der Waals surface area contributed by atoms with Crippen LogP contribution < -0.4 is 5.32 Å². The summed E-state index contributed by atoms with van der Waals surface area (Å²) in [7, 11) is 0. The lowest BCUT2D eigenvalue weighted by Gasteiger charge is -2.37. The maximum absolute atomic E-state index is 11.3. The zero-order valence-corrected chi connectivity index (χ0v) is 9.58. The topological polar surface area (TPSA) is 58.6 Å². The maximum atomic E-state index is 11.3. The van der Waals surface area contributed by atoms with E-state index in [1.165, 1.54) is 0 Å². The third-order valence-corrected chi connectivity index (χ3v) is 3.03. The number of nitrogens with one attached hydrogen (secondary N) is 1. The van der Waals surface area contributed by atoms with Crippen molar-refractivity contribution in [3.8, 4) is 0 Å². The van der Waals surface area contributed by atoms with E-state index in [9.17, 15) is 9.90 Å². The highest BCUT2D eigenvalue weighted by Crippen LogP contribution is 2.30. The van der Waals surface area contributed by atoms with Crippen LogP contribution in [0.5, 0.6) is 0 Å². The minimum absolute atomic E-state index is 0.0962. The maximum Gasteiger partial charge on any atom is 0.323 e. The van der Waals surface area contributed by atoms with Gasteiger partial charge in [0.1, 0.15) is 5.54 Å². The summed E-state index contributed by atoms with van der Waals surface area (Å²) >= 11 is 0. The summed E-state index contributed by atoms with van der Waals surface area (Å²) in [4.78, 5) is 11.3. The summed E-state index contributed by atoms with van der Waals surface area (Å²) < 4.78 is 5.53. The van der Waals surface area contributed by atoms with Crippen molar-refractivity contribution in [3.63, 3.8) is 0 Å². The molecule has 0 saturated heterocycles. The predicted octanol–water partition coefficient (Wildman–Crippen LogP) is 1.40. The van der Waals surface area contributed by atoms with E-state index in [-0.39, 0.29) is 6.10 Å². The highest BCUT2D eigenvalue weighted by molar-refractivity contribution is 5.79. The van der Waals surface area contributed by atoms with Crippen LogP contribution in [0.25, 0.3) is 0 Å². The fourth-order valence-electron chi connectivity index (χ4n) is 2.37. The monoisotopic (exact) mass is 215 g/mol. The Morgan fingerprint density at radius 3 is 2.87 bits per heavy atom. The van der Waals surface area contributed by atoms with E-state index in [1.54, 1.807) is 0 Å². The van der Waals surface area contributed by atoms with Crippen LogP contribution in [0.1, 0.15) is 39.5 Å². The minimum Gasteiger partial charge on any atom is -0.480 e. The number of ether oxygens (including phenoxy) is 1. The molecule has 2 N–H and O–H groups in total. The highest BCUT2D eigenvalue weighted by atomic mass is 16.5. The molecule has 0 aromatic carbocycles. The Bertz CT molecular complexity index is 214. The molecule has 15 heavy (non-hydrogen) atoms. The van der Waals surface area contributed by atoms with E-state index >= 15 is 0 Å². The average molecular weight is 215 g/mol. The van der Waals surface area contributed by atoms with Crippen LogP contribution in [-0.2, 0) is 9.53 Å². The van der Waals surface area contributed by atoms with Gasteiger partial charge in [-0.3, -0.25) is 4.79 Å².